The van der Waals surface area contributed by atoms with E-state index in [-0.39, 0.29) is 12.1 Å². The molecule has 0 amide bonds. The average Bonchev–Trinajstić information content (AvgIpc) is 2.40. The van der Waals surface area contributed by atoms with Gasteiger partial charge in [0.1, 0.15) is 12.1 Å². The molecule has 1 aromatic heterocycles. The fraction of sp³-hybridized carbons (Fsp3) is 0.312. The number of esters is 1. The van der Waals surface area contributed by atoms with Crippen LogP contribution >= 0.6 is 11.6 Å². The number of ether oxygens (including phenoxy) is 1. The highest BCUT2D eigenvalue weighted by atomic mass is 35.5. The minimum atomic E-state index is -0.586. The summed E-state index contributed by atoms with van der Waals surface area (Å²) in [4.78, 5) is 28.0. The molecule has 0 aliphatic rings. The average molecular weight is 321 g/mol. The van der Waals surface area contributed by atoms with Crippen molar-refractivity contribution < 1.29 is 9.53 Å². The Kier molecular flexibility index (Phi) is 4.66. The Bertz CT molecular complexity index is 730. The molecule has 2 rings (SSSR count). The summed E-state index contributed by atoms with van der Waals surface area (Å²) in [6.07, 6.45) is 1.34. The fourth-order valence-corrected chi connectivity index (χ4v) is 1.96. The summed E-state index contributed by atoms with van der Waals surface area (Å²) < 4.78 is 6.40. The molecule has 6 heteroatoms. The van der Waals surface area contributed by atoms with E-state index >= 15 is 0 Å². The predicted molar refractivity (Wildman–Crippen MR) is 84.8 cm³/mol. The number of hydrogen-bond acceptors (Lipinski definition) is 4. The SMILES string of the molecule is CC(C)(C)OC(=O)Cn1cnc(-c2ccc(Cl)cc2)cc1=O. The van der Waals surface area contributed by atoms with Crippen molar-refractivity contribution in [2.24, 2.45) is 0 Å². The van der Waals surface area contributed by atoms with Crippen molar-refractivity contribution in [3.8, 4) is 11.3 Å². The van der Waals surface area contributed by atoms with Crippen LogP contribution in [0.3, 0.4) is 0 Å². The Morgan fingerprint density at radius 3 is 2.45 bits per heavy atom. The summed E-state index contributed by atoms with van der Waals surface area (Å²) in [6.45, 7) is 5.16. The first-order valence-electron chi connectivity index (χ1n) is 6.79. The summed E-state index contributed by atoms with van der Waals surface area (Å²) >= 11 is 5.83. The first-order chi connectivity index (χ1) is 10.2. The van der Waals surface area contributed by atoms with Crippen LogP contribution in [-0.4, -0.2) is 21.1 Å². The maximum atomic E-state index is 12.1. The van der Waals surface area contributed by atoms with Gasteiger partial charge in [-0.15, -0.1) is 0 Å². The Morgan fingerprint density at radius 1 is 1.27 bits per heavy atom. The highest BCUT2D eigenvalue weighted by molar-refractivity contribution is 6.30. The van der Waals surface area contributed by atoms with Gasteiger partial charge in [0.05, 0.1) is 12.0 Å². The number of carbonyl (C=O) groups is 1. The van der Waals surface area contributed by atoms with Crippen LogP contribution < -0.4 is 5.56 Å². The van der Waals surface area contributed by atoms with E-state index in [9.17, 15) is 9.59 Å². The molecule has 0 bridgehead atoms. The van der Waals surface area contributed by atoms with E-state index in [2.05, 4.69) is 4.98 Å². The third-order valence-electron chi connectivity index (χ3n) is 2.74. The van der Waals surface area contributed by atoms with Gasteiger partial charge < -0.3 is 4.74 Å². The second-order valence-electron chi connectivity index (χ2n) is 5.83. The highest BCUT2D eigenvalue weighted by Crippen LogP contribution is 2.18. The summed E-state index contributed by atoms with van der Waals surface area (Å²) in [5.41, 5.74) is 0.413. The molecule has 0 aliphatic heterocycles. The van der Waals surface area contributed by atoms with Crippen molar-refractivity contribution in [2.75, 3.05) is 0 Å². The lowest BCUT2D eigenvalue weighted by atomic mass is 10.1. The minimum absolute atomic E-state index is 0.163. The maximum absolute atomic E-state index is 12.1. The number of aromatic nitrogens is 2. The van der Waals surface area contributed by atoms with E-state index in [0.717, 1.165) is 5.56 Å². The number of hydrogen-bond donors (Lipinski definition) is 0. The van der Waals surface area contributed by atoms with Crippen LogP contribution in [0.4, 0.5) is 0 Å². The van der Waals surface area contributed by atoms with Gasteiger partial charge in [-0.25, -0.2) is 4.98 Å². The molecular formula is C16H17ClN2O3. The van der Waals surface area contributed by atoms with Crippen molar-refractivity contribution in [2.45, 2.75) is 32.9 Å². The maximum Gasteiger partial charge on any atom is 0.326 e. The molecule has 0 saturated carbocycles. The van der Waals surface area contributed by atoms with Gasteiger partial charge in [0.25, 0.3) is 5.56 Å². The largest absolute Gasteiger partial charge is 0.459 e. The lowest BCUT2D eigenvalue weighted by Crippen LogP contribution is -2.30. The third kappa shape index (κ3) is 4.43. The van der Waals surface area contributed by atoms with Crippen molar-refractivity contribution >= 4 is 17.6 Å². The molecule has 22 heavy (non-hydrogen) atoms. The zero-order chi connectivity index (χ0) is 16.3. The first kappa shape index (κ1) is 16.2. The Labute approximate surface area is 133 Å². The van der Waals surface area contributed by atoms with Gasteiger partial charge in [-0.05, 0) is 32.9 Å². The van der Waals surface area contributed by atoms with Crippen molar-refractivity contribution in [3.05, 3.63) is 52.0 Å². The van der Waals surface area contributed by atoms with Gasteiger partial charge >= 0.3 is 5.97 Å². The second-order valence-corrected chi connectivity index (χ2v) is 6.27. The molecule has 0 N–H and O–H groups in total. The molecule has 1 heterocycles. The van der Waals surface area contributed by atoms with Crippen molar-refractivity contribution in [3.63, 3.8) is 0 Å². The van der Waals surface area contributed by atoms with Gasteiger partial charge in [0.2, 0.25) is 0 Å². The van der Waals surface area contributed by atoms with Crippen LogP contribution in [0.1, 0.15) is 20.8 Å². The van der Waals surface area contributed by atoms with Gasteiger partial charge in [-0.1, -0.05) is 23.7 Å². The second kappa shape index (κ2) is 6.32. The smallest absolute Gasteiger partial charge is 0.326 e. The number of carbonyl (C=O) groups excluding carboxylic acids is 1. The first-order valence-corrected chi connectivity index (χ1v) is 7.17. The van der Waals surface area contributed by atoms with E-state index < -0.39 is 11.6 Å². The van der Waals surface area contributed by atoms with Gasteiger partial charge in [-0.3, -0.25) is 14.2 Å². The third-order valence-corrected chi connectivity index (χ3v) is 2.99. The number of nitrogens with zero attached hydrogens (tertiary/aromatic N) is 2. The molecule has 0 radical (unpaired) electrons. The predicted octanol–water partition coefficient (Wildman–Crippen LogP) is 2.91. The van der Waals surface area contributed by atoms with Gasteiger partial charge in [0, 0.05) is 16.7 Å². The zero-order valence-electron chi connectivity index (χ0n) is 12.7. The van der Waals surface area contributed by atoms with Crippen LogP contribution in [0.2, 0.25) is 5.02 Å². The Balaban J connectivity index is 2.18. The highest BCUT2D eigenvalue weighted by Gasteiger charge is 2.17. The minimum Gasteiger partial charge on any atom is -0.459 e. The van der Waals surface area contributed by atoms with E-state index in [0.29, 0.717) is 10.7 Å². The van der Waals surface area contributed by atoms with E-state index in [4.69, 9.17) is 16.3 Å². The lowest BCUT2D eigenvalue weighted by Gasteiger charge is -2.19. The number of benzene rings is 1. The molecule has 0 aliphatic carbocycles. The molecule has 116 valence electrons. The van der Waals surface area contributed by atoms with Crippen LogP contribution in [-0.2, 0) is 16.1 Å². The molecule has 5 nitrogen and oxygen atoms in total. The van der Waals surface area contributed by atoms with Gasteiger partial charge in [-0.2, -0.15) is 0 Å². The zero-order valence-corrected chi connectivity index (χ0v) is 13.4. The molecule has 0 spiro atoms. The normalized spacial score (nSPS) is 11.3. The monoisotopic (exact) mass is 320 g/mol. The summed E-state index contributed by atoms with van der Waals surface area (Å²) in [7, 11) is 0. The van der Waals surface area contributed by atoms with E-state index in [1.54, 1.807) is 45.0 Å². The van der Waals surface area contributed by atoms with Crippen LogP contribution in [0.15, 0.2) is 41.5 Å². The summed E-state index contributed by atoms with van der Waals surface area (Å²) in [6, 6.07) is 8.40. The molecule has 0 unspecified atom stereocenters. The van der Waals surface area contributed by atoms with Crippen LogP contribution in [0, 0.1) is 0 Å². The topological polar surface area (TPSA) is 61.2 Å². The van der Waals surface area contributed by atoms with Crippen LogP contribution in [0.25, 0.3) is 11.3 Å². The Morgan fingerprint density at radius 2 is 1.91 bits per heavy atom. The Hall–Kier alpha value is -2.14. The molecule has 1 aromatic carbocycles. The molecule has 0 fully saturated rings. The van der Waals surface area contributed by atoms with E-state index in [1.807, 2.05) is 0 Å². The number of rotatable bonds is 3. The molecule has 0 saturated heterocycles. The quantitative estimate of drug-likeness (QED) is 0.816. The van der Waals surface area contributed by atoms with Crippen molar-refractivity contribution in [1.29, 1.82) is 0 Å². The van der Waals surface area contributed by atoms with E-state index in [1.165, 1.54) is 17.0 Å². The molecule has 0 atom stereocenters. The lowest BCUT2D eigenvalue weighted by molar-refractivity contribution is -0.155. The molecular weight excluding hydrogens is 304 g/mol. The van der Waals surface area contributed by atoms with Crippen molar-refractivity contribution in [1.82, 2.24) is 9.55 Å². The molecule has 2 aromatic rings. The standard InChI is InChI=1S/C16H17ClN2O3/c1-16(2,3)22-15(21)9-19-10-18-13(8-14(19)20)11-4-6-12(17)7-5-11/h4-8,10H,9H2,1-3H3. The number of halogens is 1. The van der Waals surface area contributed by atoms with Gasteiger partial charge in [0.15, 0.2) is 0 Å². The fourth-order valence-electron chi connectivity index (χ4n) is 1.84. The summed E-state index contributed by atoms with van der Waals surface area (Å²) in [5.74, 6) is -0.476. The van der Waals surface area contributed by atoms with Crippen LogP contribution in [0.5, 0.6) is 0 Å². The summed E-state index contributed by atoms with van der Waals surface area (Å²) in [5, 5.41) is 0.613.